The molecule has 2 heterocycles. The van der Waals surface area contributed by atoms with Crippen LogP contribution in [0, 0.1) is 6.92 Å². The van der Waals surface area contributed by atoms with Crippen LogP contribution < -0.4 is 10.6 Å². The van der Waals surface area contributed by atoms with E-state index in [9.17, 15) is 5.11 Å². The fraction of sp³-hybridized carbons (Fsp3) is 0.500. The summed E-state index contributed by atoms with van der Waals surface area (Å²) in [5, 5.41) is 20.1. The number of hydrogen-bond acceptors (Lipinski definition) is 6. The summed E-state index contributed by atoms with van der Waals surface area (Å²) in [7, 11) is 0. The molecule has 0 spiro atoms. The Bertz CT molecular complexity index is 643. The van der Waals surface area contributed by atoms with Gasteiger partial charge in [-0.1, -0.05) is 16.8 Å². The minimum atomic E-state index is -0.665. The molecule has 2 rings (SSSR count). The first-order valence-electron chi connectivity index (χ1n) is 7.33. The molecule has 0 aliphatic rings. The molecule has 1 atom stereocenters. The van der Waals surface area contributed by atoms with Gasteiger partial charge in [0, 0.05) is 24.4 Å². The van der Waals surface area contributed by atoms with E-state index >= 15 is 0 Å². The van der Waals surface area contributed by atoms with E-state index in [0.29, 0.717) is 35.0 Å². The number of aromatic nitrogens is 2. The van der Waals surface area contributed by atoms with E-state index < -0.39 is 6.10 Å². The summed E-state index contributed by atoms with van der Waals surface area (Å²) in [6.45, 7) is 5.35. The Balaban J connectivity index is 1.84. The number of rotatable bonds is 7. The maximum Gasteiger partial charge on any atom is 0.228 e. The number of halogens is 1. The number of nitrogens with one attached hydrogen (secondary N) is 2. The lowest BCUT2D eigenvalue weighted by atomic mass is 10.3. The summed E-state index contributed by atoms with van der Waals surface area (Å²) >= 11 is 7.23. The van der Waals surface area contributed by atoms with E-state index in [1.165, 1.54) is 11.3 Å². The predicted molar refractivity (Wildman–Crippen MR) is 91.0 cm³/mol. The van der Waals surface area contributed by atoms with E-state index in [1.807, 2.05) is 13.0 Å². The molecule has 126 valence electrons. The van der Waals surface area contributed by atoms with Crippen LogP contribution in [0.25, 0.3) is 0 Å². The lowest BCUT2D eigenvalue weighted by Gasteiger charge is -2.11. The third-order valence-corrected chi connectivity index (χ3v) is 4.22. The molecule has 7 nitrogen and oxygen atoms in total. The third kappa shape index (κ3) is 5.81. The predicted octanol–water partition coefficient (Wildman–Crippen LogP) is 1.92. The third-order valence-electron chi connectivity index (χ3n) is 2.89. The van der Waals surface area contributed by atoms with Gasteiger partial charge in [-0.05, 0) is 26.0 Å². The molecule has 0 saturated carbocycles. The Kier molecular flexibility index (Phi) is 6.82. The summed E-state index contributed by atoms with van der Waals surface area (Å²) in [6.07, 6.45) is -0.0597. The molecule has 0 fully saturated rings. The number of thiophene rings is 1. The highest BCUT2D eigenvalue weighted by Crippen LogP contribution is 2.26. The Morgan fingerprint density at radius 1 is 1.48 bits per heavy atom. The Morgan fingerprint density at radius 3 is 2.91 bits per heavy atom. The van der Waals surface area contributed by atoms with Gasteiger partial charge in [0.05, 0.1) is 10.9 Å². The fourth-order valence-corrected chi connectivity index (χ4v) is 2.88. The van der Waals surface area contributed by atoms with Crippen LogP contribution in [0.1, 0.15) is 29.6 Å². The van der Waals surface area contributed by atoms with Crippen molar-refractivity contribution in [1.82, 2.24) is 20.8 Å². The smallest absolute Gasteiger partial charge is 0.228 e. The molecule has 23 heavy (non-hydrogen) atoms. The second-order valence-corrected chi connectivity index (χ2v) is 6.54. The van der Waals surface area contributed by atoms with Crippen molar-refractivity contribution in [3.63, 3.8) is 0 Å². The van der Waals surface area contributed by atoms with Gasteiger partial charge in [-0.2, -0.15) is 4.98 Å². The van der Waals surface area contributed by atoms with E-state index in [0.717, 1.165) is 11.4 Å². The lowest BCUT2D eigenvalue weighted by Crippen LogP contribution is -2.38. The van der Waals surface area contributed by atoms with E-state index in [1.54, 1.807) is 13.0 Å². The highest BCUT2D eigenvalue weighted by molar-refractivity contribution is 7.16. The topological polar surface area (TPSA) is 95.6 Å². The zero-order valence-electron chi connectivity index (χ0n) is 13.0. The second-order valence-electron chi connectivity index (χ2n) is 4.79. The largest absolute Gasteiger partial charge is 0.386 e. The minimum Gasteiger partial charge on any atom is -0.386 e. The van der Waals surface area contributed by atoms with Crippen LogP contribution >= 0.6 is 22.9 Å². The Labute approximate surface area is 143 Å². The summed E-state index contributed by atoms with van der Waals surface area (Å²) in [4.78, 5) is 9.32. The highest BCUT2D eigenvalue weighted by atomic mass is 35.5. The molecular weight excluding hydrogens is 338 g/mol. The van der Waals surface area contributed by atoms with Crippen molar-refractivity contribution in [2.75, 3.05) is 19.6 Å². The first kappa shape index (κ1) is 17.7. The first-order valence-corrected chi connectivity index (χ1v) is 8.52. The maximum absolute atomic E-state index is 10.1. The maximum atomic E-state index is 10.1. The van der Waals surface area contributed by atoms with Gasteiger partial charge in [0.25, 0.3) is 0 Å². The fourth-order valence-electron chi connectivity index (χ4n) is 1.85. The minimum absolute atomic E-state index is 0.256. The van der Waals surface area contributed by atoms with Gasteiger partial charge in [0.2, 0.25) is 5.89 Å². The van der Waals surface area contributed by atoms with Crippen molar-refractivity contribution in [3.8, 4) is 0 Å². The van der Waals surface area contributed by atoms with Gasteiger partial charge in [-0.3, -0.25) is 4.99 Å². The van der Waals surface area contributed by atoms with Crippen LogP contribution in [0.3, 0.4) is 0 Å². The van der Waals surface area contributed by atoms with Crippen molar-refractivity contribution in [2.45, 2.75) is 26.4 Å². The van der Waals surface area contributed by atoms with Crippen molar-refractivity contribution in [3.05, 3.63) is 33.1 Å². The lowest BCUT2D eigenvalue weighted by molar-refractivity contribution is 0.191. The SMILES string of the molecule is CCNC(=NCC(O)c1ccc(Cl)s1)NCCc1nc(C)no1. The standard InChI is InChI=1S/C14H20ClN5O2S/c1-3-16-14(17-7-6-13-19-9(2)20-22-13)18-8-10(21)11-4-5-12(15)23-11/h4-5,10,21H,3,6-8H2,1-2H3,(H2,16,17,18). The number of nitrogens with zero attached hydrogens (tertiary/aromatic N) is 3. The average molecular weight is 358 g/mol. The quantitative estimate of drug-likeness (QED) is 0.517. The molecule has 9 heteroatoms. The van der Waals surface area contributed by atoms with Crippen LogP contribution in [0.4, 0.5) is 0 Å². The molecule has 0 aromatic carbocycles. The monoisotopic (exact) mass is 357 g/mol. The zero-order chi connectivity index (χ0) is 16.7. The summed E-state index contributed by atoms with van der Waals surface area (Å²) < 4.78 is 5.71. The zero-order valence-corrected chi connectivity index (χ0v) is 14.6. The Hall–Kier alpha value is -1.64. The summed E-state index contributed by atoms with van der Waals surface area (Å²) in [5.41, 5.74) is 0. The number of aliphatic hydroxyl groups excluding tert-OH is 1. The summed E-state index contributed by atoms with van der Waals surface area (Å²) in [6, 6.07) is 3.58. The molecule has 2 aromatic heterocycles. The average Bonchev–Trinajstić information content (AvgIpc) is 3.13. The van der Waals surface area contributed by atoms with Gasteiger partial charge in [0.1, 0.15) is 6.10 Å². The van der Waals surface area contributed by atoms with Gasteiger partial charge < -0.3 is 20.3 Å². The van der Waals surface area contributed by atoms with Crippen LogP contribution in [0.15, 0.2) is 21.6 Å². The van der Waals surface area contributed by atoms with Crippen LogP contribution in [0.2, 0.25) is 4.34 Å². The van der Waals surface area contributed by atoms with Gasteiger partial charge in [0.15, 0.2) is 11.8 Å². The number of aryl methyl sites for hydroxylation is 1. The molecule has 0 radical (unpaired) electrons. The van der Waals surface area contributed by atoms with Crippen molar-refractivity contribution >= 4 is 28.9 Å². The van der Waals surface area contributed by atoms with Crippen LogP contribution in [-0.4, -0.2) is 40.8 Å². The first-order chi connectivity index (χ1) is 11.1. The number of guanidine groups is 1. The Morgan fingerprint density at radius 2 is 2.30 bits per heavy atom. The molecular formula is C14H20ClN5O2S. The highest BCUT2D eigenvalue weighted by Gasteiger charge is 2.10. The van der Waals surface area contributed by atoms with E-state index in [4.69, 9.17) is 16.1 Å². The summed E-state index contributed by atoms with van der Waals surface area (Å²) in [5.74, 6) is 1.84. The van der Waals surface area contributed by atoms with Gasteiger partial charge in [-0.25, -0.2) is 0 Å². The second kappa shape index (κ2) is 8.85. The molecule has 1 unspecified atom stereocenters. The number of aliphatic hydroxyl groups is 1. The number of aliphatic imine (C=N–C) groups is 1. The van der Waals surface area contributed by atoms with Crippen molar-refractivity contribution in [1.29, 1.82) is 0 Å². The number of hydrogen-bond donors (Lipinski definition) is 3. The van der Waals surface area contributed by atoms with Gasteiger partial charge >= 0.3 is 0 Å². The van der Waals surface area contributed by atoms with Crippen molar-refractivity contribution < 1.29 is 9.63 Å². The molecule has 0 amide bonds. The van der Waals surface area contributed by atoms with Crippen molar-refractivity contribution in [2.24, 2.45) is 4.99 Å². The molecule has 0 bridgehead atoms. The normalized spacial score (nSPS) is 13.1. The van der Waals surface area contributed by atoms with Gasteiger partial charge in [-0.15, -0.1) is 11.3 Å². The van der Waals surface area contributed by atoms with E-state index in [2.05, 4.69) is 25.8 Å². The molecule has 0 aliphatic carbocycles. The van der Waals surface area contributed by atoms with Crippen LogP contribution in [-0.2, 0) is 6.42 Å². The van der Waals surface area contributed by atoms with E-state index in [-0.39, 0.29) is 6.54 Å². The molecule has 2 aromatic rings. The molecule has 0 saturated heterocycles. The molecule has 3 N–H and O–H groups in total. The van der Waals surface area contributed by atoms with Crippen LogP contribution in [0.5, 0.6) is 0 Å². The molecule has 0 aliphatic heterocycles.